The van der Waals surface area contributed by atoms with Gasteiger partial charge in [0.05, 0.1) is 23.2 Å². The second-order valence-corrected chi connectivity index (χ2v) is 15.9. The SMILES string of the molecule is C[Si](C)(C)CCOCn1cnc(-c2ccc3ncc(Br)cc3c2)c1-c1cc(Cl)ccc1F. The molecular formula is C24H24BrClFN3OSi. The van der Waals surface area contributed by atoms with Crippen LogP contribution in [-0.2, 0) is 11.5 Å². The van der Waals surface area contributed by atoms with Gasteiger partial charge in [0.2, 0.25) is 0 Å². The van der Waals surface area contributed by atoms with Gasteiger partial charge in [-0.1, -0.05) is 37.3 Å². The normalized spacial score (nSPS) is 11.9. The third-order valence-corrected chi connectivity index (χ3v) is 7.54. The first-order chi connectivity index (χ1) is 15.2. The van der Waals surface area contributed by atoms with Crippen molar-refractivity contribution in [1.29, 1.82) is 0 Å². The van der Waals surface area contributed by atoms with E-state index < -0.39 is 8.07 Å². The molecule has 0 fully saturated rings. The first-order valence-electron chi connectivity index (χ1n) is 10.4. The number of imidazole rings is 1. The predicted octanol–water partition coefficient (Wildman–Crippen LogP) is 7.63. The summed E-state index contributed by atoms with van der Waals surface area (Å²) in [7, 11) is -1.20. The summed E-state index contributed by atoms with van der Waals surface area (Å²) in [6.07, 6.45) is 3.46. The third-order valence-electron chi connectivity index (χ3n) is 5.17. The molecule has 4 nitrogen and oxygen atoms in total. The monoisotopic (exact) mass is 531 g/mol. The van der Waals surface area contributed by atoms with E-state index in [9.17, 15) is 4.39 Å². The molecule has 0 bridgehead atoms. The molecule has 4 rings (SSSR count). The maximum Gasteiger partial charge on any atom is 0.132 e. The van der Waals surface area contributed by atoms with Gasteiger partial charge in [0.1, 0.15) is 12.5 Å². The number of fused-ring (bicyclic) bond motifs is 1. The number of rotatable bonds is 7. The first-order valence-corrected chi connectivity index (χ1v) is 15.2. The van der Waals surface area contributed by atoms with Gasteiger partial charge in [0, 0.05) is 46.9 Å². The lowest BCUT2D eigenvalue weighted by Crippen LogP contribution is -2.22. The Kier molecular flexibility index (Phi) is 6.81. The van der Waals surface area contributed by atoms with E-state index in [4.69, 9.17) is 16.3 Å². The summed E-state index contributed by atoms with van der Waals surface area (Å²) >= 11 is 9.70. The average molecular weight is 533 g/mol. The van der Waals surface area contributed by atoms with E-state index in [0.29, 0.717) is 35.3 Å². The van der Waals surface area contributed by atoms with E-state index in [1.54, 1.807) is 24.7 Å². The molecule has 0 radical (unpaired) electrons. The van der Waals surface area contributed by atoms with Gasteiger partial charge in [-0.25, -0.2) is 9.37 Å². The van der Waals surface area contributed by atoms with Gasteiger partial charge in [-0.15, -0.1) is 0 Å². The van der Waals surface area contributed by atoms with Crippen LogP contribution in [0.5, 0.6) is 0 Å². The minimum Gasteiger partial charge on any atom is -0.361 e. The van der Waals surface area contributed by atoms with Crippen LogP contribution in [0.4, 0.5) is 4.39 Å². The zero-order valence-electron chi connectivity index (χ0n) is 18.2. The quantitative estimate of drug-likeness (QED) is 0.181. The largest absolute Gasteiger partial charge is 0.361 e. The molecule has 0 N–H and O–H groups in total. The fourth-order valence-corrected chi connectivity index (χ4v) is 4.72. The molecule has 32 heavy (non-hydrogen) atoms. The van der Waals surface area contributed by atoms with Gasteiger partial charge >= 0.3 is 0 Å². The molecule has 2 heterocycles. The number of hydrogen-bond acceptors (Lipinski definition) is 3. The molecule has 2 aromatic carbocycles. The van der Waals surface area contributed by atoms with Crippen molar-refractivity contribution >= 4 is 46.5 Å². The Balaban J connectivity index is 1.77. The number of hydrogen-bond donors (Lipinski definition) is 0. The van der Waals surface area contributed by atoms with Crippen molar-refractivity contribution in [2.75, 3.05) is 6.61 Å². The topological polar surface area (TPSA) is 39.9 Å². The highest BCUT2D eigenvalue weighted by molar-refractivity contribution is 9.10. The zero-order valence-corrected chi connectivity index (χ0v) is 21.5. The number of benzene rings is 2. The van der Waals surface area contributed by atoms with Crippen LogP contribution in [0.15, 0.2) is 59.5 Å². The highest BCUT2D eigenvalue weighted by Gasteiger charge is 2.20. The number of aromatic nitrogens is 3. The molecule has 166 valence electrons. The fraction of sp³-hybridized carbons (Fsp3) is 0.250. The molecule has 0 saturated carbocycles. The van der Waals surface area contributed by atoms with Crippen LogP contribution in [0.1, 0.15) is 0 Å². The zero-order chi connectivity index (χ0) is 22.9. The van der Waals surface area contributed by atoms with Crippen LogP contribution in [0.2, 0.25) is 30.7 Å². The Morgan fingerprint density at radius 1 is 1.09 bits per heavy atom. The van der Waals surface area contributed by atoms with Crippen molar-refractivity contribution < 1.29 is 9.13 Å². The van der Waals surface area contributed by atoms with Crippen molar-refractivity contribution in [1.82, 2.24) is 14.5 Å². The van der Waals surface area contributed by atoms with Crippen molar-refractivity contribution in [3.05, 3.63) is 70.3 Å². The molecule has 0 aliphatic carbocycles. The minimum absolute atomic E-state index is 0.291. The number of ether oxygens (including phenoxy) is 1. The molecule has 4 aromatic rings. The van der Waals surface area contributed by atoms with Gasteiger partial charge in [-0.2, -0.15) is 0 Å². The predicted molar refractivity (Wildman–Crippen MR) is 135 cm³/mol. The standard InChI is InChI=1S/C24H24BrClFN3OSi/c1-32(2,3)9-8-31-15-30-14-29-23(24(30)20-12-19(26)5-6-21(20)27)16-4-7-22-17(10-16)11-18(25)13-28-22/h4-7,10-14H,8-9,15H2,1-3H3. The van der Waals surface area contributed by atoms with Gasteiger partial charge in [0.25, 0.3) is 0 Å². The van der Waals surface area contributed by atoms with E-state index >= 15 is 0 Å². The van der Waals surface area contributed by atoms with Crippen LogP contribution < -0.4 is 0 Å². The molecule has 0 atom stereocenters. The summed E-state index contributed by atoms with van der Waals surface area (Å²) in [5.74, 6) is -0.357. The summed E-state index contributed by atoms with van der Waals surface area (Å²) in [4.78, 5) is 9.07. The molecule has 0 amide bonds. The van der Waals surface area contributed by atoms with Gasteiger partial charge < -0.3 is 9.30 Å². The van der Waals surface area contributed by atoms with Crippen molar-refractivity contribution in [2.24, 2.45) is 0 Å². The highest BCUT2D eigenvalue weighted by atomic mass is 79.9. The summed E-state index contributed by atoms with van der Waals surface area (Å²) in [6, 6.07) is 13.5. The Hall–Kier alpha value is -2.06. The molecule has 0 saturated heterocycles. The Morgan fingerprint density at radius 3 is 2.69 bits per heavy atom. The summed E-state index contributed by atoms with van der Waals surface area (Å²) in [5, 5.41) is 1.43. The maximum absolute atomic E-state index is 14.9. The second kappa shape index (κ2) is 9.43. The lowest BCUT2D eigenvalue weighted by atomic mass is 10.0. The van der Waals surface area contributed by atoms with Crippen LogP contribution in [0, 0.1) is 5.82 Å². The fourth-order valence-electron chi connectivity index (χ4n) is 3.45. The van der Waals surface area contributed by atoms with E-state index in [2.05, 4.69) is 45.5 Å². The Morgan fingerprint density at radius 2 is 1.91 bits per heavy atom. The van der Waals surface area contributed by atoms with Gasteiger partial charge in [-0.05, 0) is 58.4 Å². The number of pyridine rings is 1. The van der Waals surface area contributed by atoms with Gasteiger partial charge in [0.15, 0.2) is 0 Å². The van der Waals surface area contributed by atoms with Crippen molar-refractivity contribution in [3.63, 3.8) is 0 Å². The lowest BCUT2D eigenvalue weighted by Gasteiger charge is -2.16. The second-order valence-electron chi connectivity index (χ2n) is 8.94. The smallest absolute Gasteiger partial charge is 0.132 e. The molecule has 0 spiro atoms. The molecule has 8 heteroatoms. The number of nitrogens with zero attached hydrogens (tertiary/aromatic N) is 3. The highest BCUT2D eigenvalue weighted by Crippen LogP contribution is 2.35. The summed E-state index contributed by atoms with van der Waals surface area (Å²) < 4.78 is 23.6. The van der Waals surface area contributed by atoms with E-state index in [-0.39, 0.29) is 5.82 Å². The summed E-state index contributed by atoms with van der Waals surface area (Å²) in [5.41, 5.74) is 3.45. The average Bonchev–Trinajstić information content (AvgIpc) is 3.15. The van der Waals surface area contributed by atoms with E-state index in [1.165, 1.54) is 6.07 Å². The van der Waals surface area contributed by atoms with Crippen LogP contribution in [-0.4, -0.2) is 29.2 Å². The first kappa shape index (κ1) is 23.1. The Labute approximate surface area is 201 Å². The molecular weight excluding hydrogens is 509 g/mol. The number of halogens is 3. The maximum atomic E-state index is 14.9. The van der Waals surface area contributed by atoms with Crippen LogP contribution >= 0.6 is 27.5 Å². The molecule has 0 aliphatic rings. The van der Waals surface area contributed by atoms with Crippen molar-refractivity contribution in [3.8, 4) is 22.5 Å². The molecule has 0 unspecified atom stereocenters. The minimum atomic E-state index is -1.20. The molecule has 0 aliphatic heterocycles. The van der Waals surface area contributed by atoms with Crippen LogP contribution in [0.25, 0.3) is 33.4 Å². The lowest BCUT2D eigenvalue weighted by molar-refractivity contribution is 0.0882. The van der Waals surface area contributed by atoms with E-state index in [1.807, 2.05) is 28.8 Å². The van der Waals surface area contributed by atoms with Crippen molar-refractivity contribution in [2.45, 2.75) is 32.4 Å². The van der Waals surface area contributed by atoms with Crippen LogP contribution in [0.3, 0.4) is 0 Å². The third kappa shape index (κ3) is 5.28. The van der Waals surface area contributed by atoms with E-state index in [0.717, 1.165) is 27.0 Å². The Bertz CT molecular complexity index is 1270. The van der Waals surface area contributed by atoms with Gasteiger partial charge in [-0.3, -0.25) is 4.98 Å². The summed E-state index contributed by atoms with van der Waals surface area (Å²) in [6.45, 7) is 7.89. The molecule has 2 aromatic heterocycles.